The van der Waals surface area contributed by atoms with E-state index < -0.39 is 0 Å². The Bertz CT molecular complexity index is 1240. The Labute approximate surface area is 188 Å². The van der Waals surface area contributed by atoms with Crippen molar-refractivity contribution in [1.29, 1.82) is 0 Å². The quantitative estimate of drug-likeness (QED) is 0.431. The number of amides is 1. The highest BCUT2D eigenvalue weighted by Crippen LogP contribution is 2.30. The van der Waals surface area contributed by atoms with Crippen LogP contribution in [0.25, 0.3) is 21.3 Å². The first-order chi connectivity index (χ1) is 15.0. The average molecular weight is 451 g/mol. The number of nitrogens with zero attached hydrogens (tertiary/aromatic N) is 2. The fraction of sp³-hybridized carbons (Fsp3) is 0.217. The maximum Gasteiger partial charge on any atom is 0.260 e. The normalized spacial score (nSPS) is 13.1. The highest BCUT2D eigenvalue weighted by Gasteiger charge is 2.18. The van der Waals surface area contributed by atoms with Crippen LogP contribution in [-0.2, 0) is 10.5 Å². The van der Waals surface area contributed by atoms with Crippen molar-refractivity contribution in [3.8, 4) is 11.1 Å². The molecule has 158 valence electrons. The number of pyridine rings is 1. The van der Waals surface area contributed by atoms with Crippen LogP contribution in [0, 0.1) is 0 Å². The SMILES string of the molecule is CC(SCc1nc2scc(-c3ccccc3)c2c(=O)[nH]1)C(=O)NC(C)c1cccnc1. The van der Waals surface area contributed by atoms with Gasteiger partial charge >= 0.3 is 0 Å². The molecule has 2 unspecified atom stereocenters. The number of hydrogen-bond donors (Lipinski definition) is 2. The van der Waals surface area contributed by atoms with Gasteiger partial charge in [0, 0.05) is 23.3 Å². The van der Waals surface area contributed by atoms with Crippen LogP contribution in [0.4, 0.5) is 0 Å². The van der Waals surface area contributed by atoms with Crippen LogP contribution in [0.1, 0.15) is 31.3 Å². The highest BCUT2D eigenvalue weighted by atomic mass is 32.2. The van der Waals surface area contributed by atoms with Crippen LogP contribution in [0.2, 0.25) is 0 Å². The molecule has 0 fully saturated rings. The molecule has 0 radical (unpaired) electrons. The Morgan fingerprint density at radius 1 is 1.19 bits per heavy atom. The number of hydrogen-bond acceptors (Lipinski definition) is 6. The molecule has 1 aromatic carbocycles. The van der Waals surface area contributed by atoms with Crippen molar-refractivity contribution in [1.82, 2.24) is 20.3 Å². The molecule has 4 rings (SSSR count). The number of fused-ring (bicyclic) bond motifs is 1. The van der Waals surface area contributed by atoms with Gasteiger partial charge in [-0.05, 0) is 31.0 Å². The molecule has 0 aliphatic carbocycles. The van der Waals surface area contributed by atoms with Crippen molar-refractivity contribution in [3.05, 3.63) is 82.0 Å². The molecule has 3 heterocycles. The summed E-state index contributed by atoms with van der Waals surface area (Å²) in [5, 5.41) is 5.30. The maximum atomic E-state index is 12.8. The van der Waals surface area contributed by atoms with Crippen LogP contribution >= 0.6 is 23.1 Å². The standard InChI is InChI=1S/C23H22N4O2S2/c1-14(17-9-6-10-24-11-17)25-21(28)15(2)30-13-19-26-22(29)20-18(12-31-23(20)27-19)16-7-4-3-5-8-16/h3-12,14-15H,13H2,1-2H3,(H,25,28)(H,26,27,29). The predicted octanol–water partition coefficient (Wildman–Crippen LogP) is 4.55. The van der Waals surface area contributed by atoms with E-state index >= 15 is 0 Å². The van der Waals surface area contributed by atoms with Gasteiger partial charge in [-0.1, -0.05) is 36.4 Å². The lowest BCUT2D eigenvalue weighted by atomic mass is 10.1. The molecule has 2 atom stereocenters. The molecule has 0 saturated carbocycles. The van der Waals surface area contributed by atoms with E-state index in [1.807, 2.05) is 61.7 Å². The van der Waals surface area contributed by atoms with Crippen LogP contribution < -0.4 is 10.9 Å². The van der Waals surface area contributed by atoms with Gasteiger partial charge in [0.1, 0.15) is 10.7 Å². The highest BCUT2D eigenvalue weighted by molar-refractivity contribution is 7.99. The summed E-state index contributed by atoms with van der Waals surface area (Å²) in [5.41, 5.74) is 2.70. The van der Waals surface area contributed by atoms with Gasteiger partial charge in [-0.3, -0.25) is 14.6 Å². The third-order valence-corrected chi connectivity index (χ3v) is 6.99. The Balaban J connectivity index is 1.43. The minimum absolute atomic E-state index is 0.0627. The number of carbonyl (C=O) groups excluding carboxylic acids is 1. The summed E-state index contributed by atoms with van der Waals surface area (Å²) in [5.74, 6) is 0.954. The first-order valence-electron chi connectivity index (χ1n) is 9.90. The summed E-state index contributed by atoms with van der Waals surface area (Å²) in [4.78, 5) is 37.6. The van der Waals surface area contributed by atoms with Crippen LogP contribution in [-0.4, -0.2) is 26.1 Å². The first-order valence-corrected chi connectivity index (χ1v) is 11.8. The molecule has 3 aromatic heterocycles. The van der Waals surface area contributed by atoms with Crippen LogP contribution in [0.3, 0.4) is 0 Å². The van der Waals surface area contributed by atoms with E-state index in [1.54, 1.807) is 12.4 Å². The minimum atomic E-state index is -0.289. The molecule has 6 nitrogen and oxygen atoms in total. The van der Waals surface area contributed by atoms with Crippen LogP contribution in [0.15, 0.2) is 65.0 Å². The molecule has 0 saturated heterocycles. The fourth-order valence-electron chi connectivity index (χ4n) is 3.22. The number of benzene rings is 1. The lowest BCUT2D eigenvalue weighted by Crippen LogP contribution is -2.33. The number of nitrogens with one attached hydrogen (secondary N) is 2. The molecule has 4 aromatic rings. The maximum absolute atomic E-state index is 12.8. The van der Waals surface area contributed by atoms with Crippen LogP contribution in [0.5, 0.6) is 0 Å². The van der Waals surface area contributed by atoms with Crippen molar-refractivity contribution in [2.24, 2.45) is 0 Å². The van der Waals surface area contributed by atoms with E-state index in [9.17, 15) is 9.59 Å². The Kier molecular flexibility index (Phi) is 6.48. The number of aromatic nitrogens is 3. The third-order valence-electron chi connectivity index (χ3n) is 4.96. The summed E-state index contributed by atoms with van der Waals surface area (Å²) < 4.78 is 0. The van der Waals surface area contributed by atoms with E-state index in [-0.39, 0.29) is 22.8 Å². The first kappa shape index (κ1) is 21.3. The van der Waals surface area contributed by atoms with E-state index in [0.717, 1.165) is 16.7 Å². The second-order valence-electron chi connectivity index (χ2n) is 7.18. The number of rotatable bonds is 7. The van der Waals surface area contributed by atoms with Gasteiger partial charge in [-0.2, -0.15) is 0 Å². The minimum Gasteiger partial charge on any atom is -0.349 e. The van der Waals surface area contributed by atoms with Gasteiger partial charge in [-0.25, -0.2) is 4.98 Å². The van der Waals surface area contributed by atoms with E-state index in [0.29, 0.717) is 21.8 Å². The zero-order valence-corrected chi connectivity index (χ0v) is 18.8. The molecular weight excluding hydrogens is 428 g/mol. The summed E-state index contributed by atoms with van der Waals surface area (Å²) in [6, 6.07) is 13.5. The van der Waals surface area contributed by atoms with Crippen molar-refractivity contribution < 1.29 is 4.79 Å². The smallest absolute Gasteiger partial charge is 0.260 e. The molecule has 0 aliphatic rings. The molecule has 0 aliphatic heterocycles. The Morgan fingerprint density at radius 2 is 2.00 bits per heavy atom. The zero-order chi connectivity index (χ0) is 21.8. The number of thioether (sulfide) groups is 1. The van der Waals surface area contributed by atoms with Gasteiger partial charge in [0.15, 0.2) is 0 Å². The number of carbonyl (C=O) groups is 1. The Morgan fingerprint density at radius 3 is 2.74 bits per heavy atom. The van der Waals surface area contributed by atoms with Gasteiger partial charge in [0.05, 0.1) is 22.4 Å². The van der Waals surface area contributed by atoms with Gasteiger partial charge in [-0.15, -0.1) is 23.1 Å². The van der Waals surface area contributed by atoms with Crippen molar-refractivity contribution in [2.75, 3.05) is 0 Å². The number of H-pyrrole nitrogens is 1. The number of thiophene rings is 1. The van der Waals surface area contributed by atoms with E-state index in [2.05, 4.69) is 20.3 Å². The summed E-state index contributed by atoms with van der Waals surface area (Å²) in [6.45, 7) is 3.78. The van der Waals surface area contributed by atoms with Gasteiger partial charge < -0.3 is 10.3 Å². The third kappa shape index (κ3) is 4.86. The molecule has 31 heavy (non-hydrogen) atoms. The van der Waals surface area contributed by atoms with Crippen molar-refractivity contribution >= 4 is 39.2 Å². The molecular formula is C23H22N4O2S2. The summed E-state index contributed by atoms with van der Waals surface area (Å²) in [7, 11) is 0. The topological polar surface area (TPSA) is 87.7 Å². The molecule has 0 spiro atoms. The van der Waals surface area contributed by atoms with Crippen molar-refractivity contribution in [2.45, 2.75) is 30.9 Å². The fourth-order valence-corrected chi connectivity index (χ4v) is 4.95. The Hall–Kier alpha value is -2.97. The largest absolute Gasteiger partial charge is 0.349 e. The zero-order valence-electron chi connectivity index (χ0n) is 17.2. The molecule has 0 bridgehead atoms. The second kappa shape index (κ2) is 9.45. The molecule has 2 N–H and O–H groups in total. The summed E-state index contributed by atoms with van der Waals surface area (Å²) >= 11 is 2.90. The summed E-state index contributed by atoms with van der Waals surface area (Å²) in [6.07, 6.45) is 3.45. The van der Waals surface area contributed by atoms with E-state index in [4.69, 9.17) is 0 Å². The molecule has 8 heteroatoms. The van der Waals surface area contributed by atoms with Gasteiger partial charge in [0.2, 0.25) is 5.91 Å². The van der Waals surface area contributed by atoms with E-state index in [1.165, 1.54) is 23.1 Å². The van der Waals surface area contributed by atoms with Gasteiger partial charge in [0.25, 0.3) is 5.56 Å². The van der Waals surface area contributed by atoms with Crippen molar-refractivity contribution in [3.63, 3.8) is 0 Å². The number of aromatic amines is 1. The average Bonchev–Trinajstić information content (AvgIpc) is 3.23. The monoisotopic (exact) mass is 450 g/mol. The lowest BCUT2D eigenvalue weighted by Gasteiger charge is -2.17. The second-order valence-corrected chi connectivity index (χ2v) is 9.37. The lowest BCUT2D eigenvalue weighted by molar-refractivity contribution is -0.120. The predicted molar refractivity (Wildman–Crippen MR) is 127 cm³/mol. The molecule has 1 amide bonds.